The van der Waals surface area contributed by atoms with Gasteiger partial charge in [0.1, 0.15) is 5.82 Å². The summed E-state index contributed by atoms with van der Waals surface area (Å²) in [6, 6.07) is 18.3. The lowest BCUT2D eigenvalue weighted by Crippen LogP contribution is -2.11. The van der Waals surface area contributed by atoms with E-state index in [0.29, 0.717) is 28.6 Å². The third-order valence-corrected chi connectivity index (χ3v) is 5.59. The molecular weight excluding hydrogens is 499 g/mol. The largest absolute Gasteiger partial charge is 0.365 e. The Kier molecular flexibility index (Phi) is 6.41. The van der Waals surface area contributed by atoms with Gasteiger partial charge in [-0.25, -0.2) is 9.97 Å². The lowest BCUT2D eigenvalue weighted by atomic mass is 10.1. The second kappa shape index (κ2) is 9.22. The first-order valence-electron chi connectivity index (χ1n) is 9.42. The minimum Gasteiger partial charge on any atom is -0.365 e. The number of anilines is 2. The van der Waals surface area contributed by atoms with Crippen LogP contribution in [0.4, 0.5) is 11.5 Å². The van der Waals surface area contributed by atoms with Gasteiger partial charge in [-0.2, -0.15) is 0 Å². The average Bonchev–Trinajstić information content (AvgIpc) is 2.74. The van der Waals surface area contributed by atoms with Crippen molar-refractivity contribution >= 4 is 67.4 Å². The Hall–Kier alpha value is -2.67. The average molecular weight is 516 g/mol. The van der Waals surface area contributed by atoms with Crippen LogP contribution in [0.15, 0.2) is 65.1 Å². The standard InChI is InChI=1S/C23H17BrCl2N4O/c1-13-10-16(24)11-19-20(13)29-23(26)30-21(19)27-12-14-2-8-18(9-3-14)28-22(31)15-4-6-17(25)7-5-15/h2-11H,12H2,1H3,(H,28,31)(H,27,29,30). The maximum atomic E-state index is 12.3. The number of amides is 1. The van der Waals surface area contributed by atoms with Crippen LogP contribution in [0.25, 0.3) is 10.9 Å². The number of benzene rings is 3. The SMILES string of the molecule is Cc1cc(Br)cc2c(NCc3ccc(NC(=O)c4ccc(Cl)cc4)cc3)nc(Cl)nc12. The first kappa shape index (κ1) is 21.6. The van der Waals surface area contributed by atoms with Crippen LogP contribution in [0, 0.1) is 6.92 Å². The minimum absolute atomic E-state index is 0.189. The smallest absolute Gasteiger partial charge is 0.255 e. The van der Waals surface area contributed by atoms with Crippen LogP contribution >= 0.6 is 39.1 Å². The number of carbonyl (C=O) groups excluding carboxylic acids is 1. The number of rotatable bonds is 5. The first-order valence-corrected chi connectivity index (χ1v) is 11.0. The van der Waals surface area contributed by atoms with E-state index in [1.165, 1.54) is 0 Å². The van der Waals surface area contributed by atoms with E-state index in [1.807, 2.05) is 43.3 Å². The maximum Gasteiger partial charge on any atom is 0.255 e. The molecule has 2 N–H and O–H groups in total. The highest BCUT2D eigenvalue weighted by Gasteiger charge is 2.10. The number of aryl methyl sites for hydroxylation is 1. The summed E-state index contributed by atoms with van der Waals surface area (Å²) in [4.78, 5) is 21.0. The van der Waals surface area contributed by atoms with Crippen molar-refractivity contribution in [2.75, 3.05) is 10.6 Å². The Morgan fingerprint density at radius 2 is 1.71 bits per heavy atom. The molecule has 0 spiro atoms. The van der Waals surface area contributed by atoms with Gasteiger partial charge in [-0.05, 0) is 78.2 Å². The van der Waals surface area contributed by atoms with Crippen LogP contribution in [-0.2, 0) is 6.54 Å². The summed E-state index contributed by atoms with van der Waals surface area (Å²) in [5, 5.41) is 7.89. The molecule has 0 saturated heterocycles. The third-order valence-electron chi connectivity index (χ3n) is 4.71. The van der Waals surface area contributed by atoms with E-state index in [4.69, 9.17) is 23.2 Å². The molecule has 0 bridgehead atoms. The summed E-state index contributed by atoms with van der Waals surface area (Å²) < 4.78 is 0.951. The summed E-state index contributed by atoms with van der Waals surface area (Å²) in [6.07, 6.45) is 0. The lowest BCUT2D eigenvalue weighted by molar-refractivity contribution is 0.102. The van der Waals surface area contributed by atoms with Gasteiger partial charge >= 0.3 is 0 Å². The molecule has 3 aromatic carbocycles. The molecule has 4 rings (SSSR count). The van der Waals surface area contributed by atoms with Gasteiger partial charge in [0.25, 0.3) is 5.91 Å². The van der Waals surface area contributed by atoms with Crippen LogP contribution in [0.2, 0.25) is 10.3 Å². The van der Waals surface area contributed by atoms with Crippen molar-refractivity contribution in [1.82, 2.24) is 9.97 Å². The summed E-state index contributed by atoms with van der Waals surface area (Å²) in [5.74, 6) is 0.477. The molecule has 0 atom stereocenters. The van der Waals surface area contributed by atoms with Crippen molar-refractivity contribution in [2.45, 2.75) is 13.5 Å². The van der Waals surface area contributed by atoms with E-state index < -0.39 is 0 Å². The summed E-state index contributed by atoms with van der Waals surface area (Å²) in [5.41, 5.74) is 4.10. The van der Waals surface area contributed by atoms with Crippen LogP contribution in [0.1, 0.15) is 21.5 Å². The number of hydrogen-bond acceptors (Lipinski definition) is 4. The van der Waals surface area contributed by atoms with Crippen molar-refractivity contribution in [1.29, 1.82) is 0 Å². The zero-order valence-corrected chi connectivity index (χ0v) is 19.5. The highest BCUT2D eigenvalue weighted by atomic mass is 79.9. The highest BCUT2D eigenvalue weighted by Crippen LogP contribution is 2.29. The zero-order valence-electron chi connectivity index (χ0n) is 16.4. The van der Waals surface area contributed by atoms with Crippen LogP contribution in [-0.4, -0.2) is 15.9 Å². The molecule has 0 aliphatic heterocycles. The van der Waals surface area contributed by atoms with E-state index in [-0.39, 0.29) is 11.2 Å². The van der Waals surface area contributed by atoms with E-state index in [0.717, 1.165) is 26.5 Å². The molecule has 1 aromatic heterocycles. The number of fused-ring (bicyclic) bond motifs is 1. The first-order chi connectivity index (χ1) is 14.9. The molecule has 0 aliphatic rings. The van der Waals surface area contributed by atoms with E-state index >= 15 is 0 Å². The van der Waals surface area contributed by atoms with Crippen LogP contribution < -0.4 is 10.6 Å². The number of hydrogen-bond donors (Lipinski definition) is 2. The highest BCUT2D eigenvalue weighted by molar-refractivity contribution is 9.10. The Morgan fingerprint density at radius 1 is 1.00 bits per heavy atom. The molecule has 31 heavy (non-hydrogen) atoms. The molecule has 0 unspecified atom stereocenters. The molecule has 0 saturated carbocycles. The van der Waals surface area contributed by atoms with Gasteiger partial charge in [0.2, 0.25) is 5.28 Å². The monoisotopic (exact) mass is 514 g/mol. The quantitative estimate of drug-likeness (QED) is 0.284. The number of nitrogens with zero attached hydrogens (tertiary/aromatic N) is 2. The fourth-order valence-electron chi connectivity index (χ4n) is 3.17. The van der Waals surface area contributed by atoms with Gasteiger partial charge in [-0.15, -0.1) is 0 Å². The van der Waals surface area contributed by atoms with Crippen LogP contribution in [0.3, 0.4) is 0 Å². The Balaban J connectivity index is 1.46. The second-order valence-corrected chi connectivity index (χ2v) is 8.66. The predicted molar refractivity (Wildman–Crippen MR) is 130 cm³/mol. The van der Waals surface area contributed by atoms with Gasteiger partial charge in [-0.1, -0.05) is 39.7 Å². The Morgan fingerprint density at radius 3 is 2.42 bits per heavy atom. The van der Waals surface area contributed by atoms with Gasteiger partial charge < -0.3 is 10.6 Å². The summed E-state index contributed by atoms with van der Waals surface area (Å²) in [7, 11) is 0. The number of halogens is 3. The normalized spacial score (nSPS) is 10.8. The fourth-order valence-corrected chi connectivity index (χ4v) is 4.03. The van der Waals surface area contributed by atoms with E-state index in [2.05, 4.69) is 36.5 Å². The van der Waals surface area contributed by atoms with Gasteiger partial charge in [0, 0.05) is 32.7 Å². The third kappa shape index (κ3) is 5.15. The molecule has 0 aliphatic carbocycles. The Bertz CT molecular complexity index is 1260. The van der Waals surface area contributed by atoms with Crippen molar-refractivity contribution < 1.29 is 4.79 Å². The maximum absolute atomic E-state index is 12.3. The fraction of sp³-hybridized carbons (Fsp3) is 0.0870. The molecular formula is C23H17BrCl2N4O. The van der Waals surface area contributed by atoms with Crippen LogP contribution in [0.5, 0.6) is 0 Å². The number of carbonyl (C=O) groups is 1. The van der Waals surface area contributed by atoms with Crippen molar-refractivity contribution in [3.05, 3.63) is 92.1 Å². The van der Waals surface area contributed by atoms with E-state index in [9.17, 15) is 4.79 Å². The van der Waals surface area contributed by atoms with Crippen molar-refractivity contribution in [3.63, 3.8) is 0 Å². The molecule has 156 valence electrons. The zero-order chi connectivity index (χ0) is 22.0. The predicted octanol–water partition coefficient (Wildman–Crippen LogP) is 6.87. The van der Waals surface area contributed by atoms with Crippen molar-refractivity contribution in [2.24, 2.45) is 0 Å². The van der Waals surface area contributed by atoms with Gasteiger partial charge in [-0.3, -0.25) is 4.79 Å². The number of nitrogens with one attached hydrogen (secondary N) is 2. The Labute approximate surface area is 197 Å². The molecule has 1 amide bonds. The molecule has 4 aromatic rings. The van der Waals surface area contributed by atoms with Gasteiger partial charge in [0.05, 0.1) is 5.52 Å². The topological polar surface area (TPSA) is 66.9 Å². The lowest BCUT2D eigenvalue weighted by Gasteiger charge is -2.12. The number of aromatic nitrogens is 2. The second-order valence-electron chi connectivity index (χ2n) is 6.97. The molecule has 8 heteroatoms. The molecule has 0 fully saturated rings. The van der Waals surface area contributed by atoms with Gasteiger partial charge in [0.15, 0.2) is 0 Å². The summed E-state index contributed by atoms with van der Waals surface area (Å²) >= 11 is 15.5. The van der Waals surface area contributed by atoms with Crippen molar-refractivity contribution in [3.8, 4) is 0 Å². The minimum atomic E-state index is -0.189. The summed E-state index contributed by atoms with van der Waals surface area (Å²) in [6.45, 7) is 2.52. The van der Waals surface area contributed by atoms with E-state index in [1.54, 1.807) is 24.3 Å². The molecule has 0 radical (unpaired) electrons. The molecule has 1 heterocycles. The molecule has 5 nitrogen and oxygen atoms in total.